The van der Waals surface area contributed by atoms with Gasteiger partial charge < -0.3 is 14.9 Å². The fourth-order valence-electron chi connectivity index (χ4n) is 4.96. The summed E-state index contributed by atoms with van der Waals surface area (Å²) in [5, 5.41) is 2.59. The minimum atomic E-state index is -0.0151. The Morgan fingerprint density at radius 1 is 0.727 bits per heavy atom. The summed E-state index contributed by atoms with van der Waals surface area (Å²) >= 11 is 0. The van der Waals surface area contributed by atoms with Crippen molar-refractivity contribution in [1.29, 1.82) is 0 Å². The van der Waals surface area contributed by atoms with Crippen molar-refractivity contribution in [2.45, 2.75) is 40.0 Å². The average Bonchev–Trinajstić information content (AvgIpc) is 2.83. The van der Waals surface area contributed by atoms with Gasteiger partial charge in [-0.05, 0) is 55.2 Å². The van der Waals surface area contributed by atoms with E-state index in [1.807, 2.05) is 48.5 Å². The maximum Gasteiger partial charge on any atom is 0.199 e. The van der Waals surface area contributed by atoms with Gasteiger partial charge in [0.1, 0.15) is 0 Å². The maximum atomic E-state index is 13.9. The molecule has 2 N–H and O–H groups in total. The molecule has 5 aromatic rings. The van der Waals surface area contributed by atoms with Crippen LogP contribution in [0.15, 0.2) is 58.1 Å². The monoisotopic (exact) mass is 439 g/mol. The van der Waals surface area contributed by atoms with Gasteiger partial charge >= 0.3 is 0 Å². The summed E-state index contributed by atoms with van der Waals surface area (Å²) in [6.07, 6.45) is 2.79. The van der Waals surface area contributed by atoms with Crippen molar-refractivity contribution in [2.24, 2.45) is 0 Å². The molecule has 0 aliphatic carbocycles. The Kier molecular flexibility index (Phi) is 5.41. The predicted molar refractivity (Wildman–Crippen MR) is 140 cm³/mol. The number of aryl methyl sites for hydroxylation is 1. The smallest absolute Gasteiger partial charge is 0.199 e. The Morgan fingerprint density at radius 2 is 1.45 bits per heavy atom. The van der Waals surface area contributed by atoms with E-state index in [4.69, 9.17) is 0 Å². The molecule has 0 bridgehead atoms. The number of nitrogens with zero attached hydrogens (tertiary/aromatic N) is 1. The molecule has 5 heteroatoms. The molecule has 168 valence electrons. The molecule has 0 amide bonds. The molecule has 0 aliphatic rings. The Hall–Kier alpha value is -3.60. The molecule has 0 fully saturated rings. The fourth-order valence-corrected chi connectivity index (χ4v) is 4.96. The van der Waals surface area contributed by atoms with Crippen LogP contribution in [0, 0.1) is 0 Å². The first kappa shape index (κ1) is 21.3. The molecule has 2 aromatic heterocycles. The van der Waals surface area contributed by atoms with Crippen molar-refractivity contribution in [1.82, 2.24) is 9.97 Å². The summed E-state index contributed by atoms with van der Waals surface area (Å²) in [6.45, 7) is 8.00. The number of rotatable bonds is 6. The van der Waals surface area contributed by atoms with Crippen molar-refractivity contribution in [3.05, 3.63) is 74.5 Å². The molecule has 0 aliphatic heterocycles. The minimum Gasteiger partial charge on any atom is -0.369 e. The number of benzene rings is 3. The second kappa shape index (κ2) is 8.39. The van der Waals surface area contributed by atoms with Crippen molar-refractivity contribution < 1.29 is 0 Å². The first-order chi connectivity index (χ1) is 16.1. The number of aromatic nitrogens is 2. The quantitative estimate of drug-likeness (QED) is 0.325. The lowest BCUT2D eigenvalue weighted by molar-refractivity contribution is 0.749. The van der Waals surface area contributed by atoms with Gasteiger partial charge in [0.05, 0.1) is 33.0 Å². The molecule has 0 spiro atoms. The molecule has 0 atom stereocenters. The van der Waals surface area contributed by atoms with Gasteiger partial charge in [-0.3, -0.25) is 9.59 Å². The van der Waals surface area contributed by atoms with Gasteiger partial charge in [0.25, 0.3) is 0 Å². The summed E-state index contributed by atoms with van der Waals surface area (Å²) < 4.78 is 0. The lowest BCUT2D eigenvalue weighted by atomic mass is 10.0. The highest BCUT2D eigenvalue weighted by Crippen LogP contribution is 2.33. The molecule has 2 heterocycles. The van der Waals surface area contributed by atoms with E-state index in [9.17, 15) is 9.59 Å². The van der Waals surface area contributed by atoms with Gasteiger partial charge in [-0.25, -0.2) is 0 Å². The van der Waals surface area contributed by atoms with Crippen LogP contribution in [0.4, 0.5) is 5.69 Å². The van der Waals surface area contributed by atoms with Crippen molar-refractivity contribution in [3.8, 4) is 0 Å². The third-order valence-electron chi connectivity index (χ3n) is 6.51. The number of para-hydroxylation sites is 1. The highest BCUT2D eigenvalue weighted by Gasteiger charge is 2.21. The molecule has 0 unspecified atom stereocenters. The molecule has 5 rings (SSSR count). The molecule has 0 radical (unpaired) electrons. The Bertz CT molecular complexity index is 1620. The molecular formula is C28H29N3O2. The molecule has 5 nitrogen and oxygen atoms in total. The van der Waals surface area contributed by atoms with Crippen LogP contribution in [0.1, 0.15) is 39.2 Å². The van der Waals surface area contributed by atoms with Crippen LogP contribution in [0.5, 0.6) is 0 Å². The van der Waals surface area contributed by atoms with Gasteiger partial charge in [0, 0.05) is 29.4 Å². The van der Waals surface area contributed by atoms with Crippen LogP contribution in [0.3, 0.4) is 0 Å². The average molecular weight is 440 g/mol. The van der Waals surface area contributed by atoms with Gasteiger partial charge in [0.2, 0.25) is 0 Å². The van der Waals surface area contributed by atoms with E-state index in [0.717, 1.165) is 54.6 Å². The standard InChI is InChI=1S/C28H29N3O2/c1-4-13-31(14-5-2)26-24-23(29-22-15-17(6-3)11-12-19(22)28(24)33)16-20-25(26)30-21-10-8-7-9-18(21)27(20)32/h7-12,15-16H,4-6,13-14H2,1-3H3,(H,29,33)(H,30,32). The lowest BCUT2D eigenvalue weighted by Gasteiger charge is -2.27. The predicted octanol–water partition coefficient (Wildman–Crippen LogP) is 5.86. The van der Waals surface area contributed by atoms with Crippen molar-refractivity contribution >= 4 is 49.3 Å². The molecular weight excluding hydrogens is 410 g/mol. The van der Waals surface area contributed by atoms with E-state index in [2.05, 4.69) is 35.6 Å². The lowest BCUT2D eigenvalue weighted by Crippen LogP contribution is -2.27. The van der Waals surface area contributed by atoms with Crippen molar-refractivity contribution in [2.75, 3.05) is 18.0 Å². The number of aromatic amines is 2. The second-order valence-corrected chi connectivity index (χ2v) is 8.74. The van der Waals surface area contributed by atoms with Gasteiger partial charge in [-0.1, -0.05) is 39.0 Å². The number of hydrogen-bond acceptors (Lipinski definition) is 3. The van der Waals surface area contributed by atoms with E-state index in [-0.39, 0.29) is 10.9 Å². The number of pyridine rings is 2. The van der Waals surface area contributed by atoms with Crippen LogP contribution >= 0.6 is 0 Å². The molecule has 3 aromatic carbocycles. The second-order valence-electron chi connectivity index (χ2n) is 8.74. The number of anilines is 1. The van der Waals surface area contributed by atoms with Crippen molar-refractivity contribution in [3.63, 3.8) is 0 Å². The minimum absolute atomic E-state index is 0.00418. The summed E-state index contributed by atoms with van der Waals surface area (Å²) in [6, 6.07) is 15.4. The third-order valence-corrected chi connectivity index (χ3v) is 6.51. The summed E-state index contributed by atoms with van der Waals surface area (Å²) in [5.41, 5.74) is 5.03. The maximum absolute atomic E-state index is 13.9. The van der Waals surface area contributed by atoms with E-state index >= 15 is 0 Å². The summed E-state index contributed by atoms with van der Waals surface area (Å²) in [4.78, 5) is 36.7. The van der Waals surface area contributed by atoms with Crippen LogP contribution < -0.4 is 15.8 Å². The Labute approximate surface area is 192 Å². The summed E-state index contributed by atoms with van der Waals surface area (Å²) in [5.74, 6) is 0. The van der Waals surface area contributed by atoms with Crippen LogP contribution in [-0.2, 0) is 6.42 Å². The first-order valence-corrected chi connectivity index (χ1v) is 11.9. The van der Waals surface area contributed by atoms with E-state index in [1.54, 1.807) is 0 Å². The SMILES string of the molecule is CCCN(CCC)c1c2[nH]c3ccccc3c(=O)c2cc2[nH]c3cc(CC)ccc3c(=O)c12. The largest absolute Gasteiger partial charge is 0.369 e. The number of H-pyrrole nitrogens is 2. The zero-order valence-corrected chi connectivity index (χ0v) is 19.4. The highest BCUT2D eigenvalue weighted by molar-refractivity contribution is 6.13. The Balaban J connectivity index is 2.02. The first-order valence-electron chi connectivity index (χ1n) is 11.9. The van der Waals surface area contributed by atoms with Gasteiger partial charge in [-0.15, -0.1) is 0 Å². The van der Waals surface area contributed by atoms with Crippen LogP contribution in [0.25, 0.3) is 43.6 Å². The highest BCUT2D eigenvalue weighted by atomic mass is 16.1. The number of fused-ring (bicyclic) bond motifs is 4. The van der Waals surface area contributed by atoms with Gasteiger partial charge in [-0.2, -0.15) is 0 Å². The normalized spacial score (nSPS) is 11.7. The molecule has 33 heavy (non-hydrogen) atoms. The Morgan fingerprint density at radius 3 is 2.18 bits per heavy atom. The van der Waals surface area contributed by atoms with E-state index in [0.29, 0.717) is 27.1 Å². The summed E-state index contributed by atoms with van der Waals surface area (Å²) in [7, 11) is 0. The molecule has 0 saturated heterocycles. The topological polar surface area (TPSA) is 69.0 Å². The number of nitrogens with one attached hydrogen (secondary N) is 2. The zero-order chi connectivity index (χ0) is 23.1. The fraction of sp³-hybridized carbons (Fsp3) is 0.286. The van der Waals surface area contributed by atoms with Crippen LogP contribution in [0.2, 0.25) is 0 Å². The van der Waals surface area contributed by atoms with E-state index in [1.165, 1.54) is 5.56 Å². The third kappa shape index (κ3) is 3.39. The van der Waals surface area contributed by atoms with Gasteiger partial charge in [0.15, 0.2) is 10.9 Å². The number of hydrogen-bond donors (Lipinski definition) is 2. The van der Waals surface area contributed by atoms with Crippen LogP contribution in [-0.4, -0.2) is 23.1 Å². The molecule has 0 saturated carbocycles. The van der Waals surface area contributed by atoms with E-state index < -0.39 is 0 Å². The zero-order valence-electron chi connectivity index (χ0n) is 19.4.